The molecule has 1 aromatic carbocycles. The van der Waals surface area contributed by atoms with Crippen LogP contribution in [0.1, 0.15) is 6.42 Å². The third-order valence-corrected chi connectivity index (χ3v) is 4.09. The average molecular weight is 310 g/mol. The Bertz CT molecular complexity index is 620. The summed E-state index contributed by atoms with van der Waals surface area (Å²) in [5.74, 6) is -2.84. The fourth-order valence-corrected chi connectivity index (χ4v) is 3.43. The molecule has 0 radical (unpaired) electrons. The molecule has 0 bridgehead atoms. The van der Waals surface area contributed by atoms with Crippen LogP contribution in [0, 0.1) is 17.6 Å². The summed E-state index contributed by atoms with van der Waals surface area (Å²) in [5, 5.41) is 0. The third-order valence-electron chi connectivity index (χ3n) is 2.84. The number of hydrogen-bond donors (Lipinski definition) is 0. The number of rotatable bonds is 3. The van der Waals surface area contributed by atoms with E-state index in [2.05, 4.69) is 0 Å². The maximum atomic E-state index is 13.6. The second-order valence-corrected chi connectivity index (χ2v) is 7.20. The maximum Gasteiger partial charge on any atom is 0.232 e. The Morgan fingerprint density at radius 1 is 1.37 bits per heavy atom. The van der Waals surface area contributed by atoms with Crippen LogP contribution in [0.5, 0.6) is 0 Å². The van der Waals surface area contributed by atoms with E-state index in [4.69, 9.17) is 10.7 Å². The van der Waals surface area contributed by atoms with Crippen molar-refractivity contribution in [1.29, 1.82) is 0 Å². The van der Waals surface area contributed by atoms with Crippen LogP contribution >= 0.6 is 10.7 Å². The molecule has 1 saturated heterocycles. The predicted molar refractivity (Wildman–Crippen MR) is 66.5 cm³/mol. The zero-order valence-electron chi connectivity index (χ0n) is 9.64. The third kappa shape index (κ3) is 3.42. The van der Waals surface area contributed by atoms with Gasteiger partial charge in [0.15, 0.2) is 0 Å². The summed E-state index contributed by atoms with van der Waals surface area (Å²) in [7, 11) is 1.41. The average Bonchev–Trinajstić information content (AvgIpc) is 2.56. The van der Waals surface area contributed by atoms with Gasteiger partial charge in [-0.05, 0) is 12.1 Å². The second kappa shape index (κ2) is 5.05. The van der Waals surface area contributed by atoms with Crippen LogP contribution in [0.25, 0.3) is 0 Å². The van der Waals surface area contributed by atoms with E-state index in [0.29, 0.717) is 6.07 Å². The molecule has 1 amide bonds. The van der Waals surface area contributed by atoms with Gasteiger partial charge in [0.05, 0.1) is 11.4 Å². The number of amides is 1. The first-order valence-corrected chi connectivity index (χ1v) is 7.92. The molecular weight excluding hydrogens is 300 g/mol. The van der Waals surface area contributed by atoms with E-state index in [-0.39, 0.29) is 24.4 Å². The predicted octanol–water partition coefficient (Wildman–Crippen LogP) is 1.89. The molecule has 1 aromatic rings. The first-order chi connectivity index (χ1) is 8.76. The summed E-state index contributed by atoms with van der Waals surface area (Å²) < 4.78 is 48.3. The molecule has 1 atom stereocenters. The van der Waals surface area contributed by atoms with E-state index in [9.17, 15) is 22.0 Å². The first-order valence-electron chi connectivity index (χ1n) is 5.44. The summed E-state index contributed by atoms with van der Waals surface area (Å²) in [6.45, 7) is 0.0489. The molecule has 4 nitrogen and oxygen atoms in total. The molecule has 0 spiro atoms. The zero-order valence-corrected chi connectivity index (χ0v) is 11.2. The largest absolute Gasteiger partial charge is 0.309 e. The van der Waals surface area contributed by atoms with Crippen LogP contribution in [0.2, 0.25) is 0 Å². The Kier molecular flexibility index (Phi) is 3.78. The molecule has 0 N–H and O–H groups in total. The van der Waals surface area contributed by atoms with Crippen LogP contribution in [-0.2, 0) is 13.8 Å². The summed E-state index contributed by atoms with van der Waals surface area (Å²) in [5.41, 5.74) is -0.0547. The SMILES string of the molecule is O=C1CC(CS(=O)(=O)Cl)CN1c1ccc(F)cc1F. The lowest BCUT2D eigenvalue weighted by molar-refractivity contribution is -0.117. The van der Waals surface area contributed by atoms with Gasteiger partial charge in [0.2, 0.25) is 15.0 Å². The molecule has 1 heterocycles. The number of anilines is 1. The molecule has 8 heteroatoms. The lowest BCUT2D eigenvalue weighted by Crippen LogP contribution is -2.26. The van der Waals surface area contributed by atoms with Gasteiger partial charge >= 0.3 is 0 Å². The van der Waals surface area contributed by atoms with Crippen LogP contribution in [0.3, 0.4) is 0 Å². The Labute approximate surface area is 113 Å². The minimum atomic E-state index is -3.71. The number of nitrogens with zero attached hydrogens (tertiary/aromatic N) is 1. The van der Waals surface area contributed by atoms with Crippen LogP contribution in [0.4, 0.5) is 14.5 Å². The van der Waals surface area contributed by atoms with Crippen molar-refractivity contribution in [3.05, 3.63) is 29.8 Å². The number of carbonyl (C=O) groups is 1. The lowest BCUT2D eigenvalue weighted by atomic mass is 10.1. The van der Waals surface area contributed by atoms with Crippen molar-refractivity contribution in [2.24, 2.45) is 5.92 Å². The van der Waals surface area contributed by atoms with Gasteiger partial charge in [0, 0.05) is 35.6 Å². The van der Waals surface area contributed by atoms with E-state index in [1.54, 1.807) is 0 Å². The van der Waals surface area contributed by atoms with Crippen molar-refractivity contribution in [2.75, 3.05) is 17.2 Å². The number of benzene rings is 1. The van der Waals surface area contributed by atoms with Crippen LogP contribution < -0.4 is 4.90 Å². The van der Waals surface area contributed by atoms with Crippen molar-refractivity contribution >= 4 is 31.3 Å². The molecule has 1 aliphatic rings. The van der Waals surface area contributed by atoms with Crippen molar-refractivity contribution < 1.29 is 22.0 Å². The van der Waals surface area contributed by atoms with Gasteiger partial charge in [0.25, 0.3) is 0 Å². The highest BCUT2D eigenvalue weighted by atomic mass is 35.7. The lowest BCUT2D eigenvalue weighted by Gasteiger charge is -2.17. The van der Waals surface area contributed by atoms with Gasteiger partial charge in [-0.1, -0.05) is 0 Å². The van der Waals surface area contributed by atoms with E-state index in [1.165, 1.54) is 0 Å². The quantitative estimate of drug-likeness (QED) is 0.801. The normalized spacial score (nSPS) is 20.1. The monoisotopic (exact) mass is 309 g/mol. The van der Waals surface area contributed by atoms with E-state index in [1.807, 2.05) is 0 Å². The van der Waals surface area contributed by atoms with Crippen molar-refractivity contribution in [3.63, 3.8) is 0 Å². The summed E-state index contributed by atoms with van der Waals surface area (Å²) in [6.07, 6.45) is -0.0250. The van der Waals surface area contributed by atoms with Gasteiger partial charge in [-0.25, -0.2) is 17.2 Å². The molecule has 104 valence electrons. The minimum absolute atomic E-state index is 0.0250. The van der Waals surface area contributed by atoms with Gasteiger partial charge < -0.3 is 4.90 Å². The Morgan fingerprint density at radius 2 is 2.05 bits per heavy atom. The topological polar surface area (TPSA) is 54.5 Å². The smallest absolute Gasteiger partial charge is 0.232 e. The molecule has 1 fully saturated rings. The summed E-state index contributed by atoms with van der Waals surface area (Å²) >= 11 is 0. The van der Waals surface area contributed by atoms with E-state index in [0.717, 1.165) is 17.0 Å². The van der Waals surface area contributed by atoms with Gasteiger partial charge in [-0.2, -0.15) is 0 Å². The van der Waals surface area contributed by atoms with Crippen LogP contribution in [-0.4, -0.2) is 26.6 Å². The second-order valence-electron chi connectivity index (χ2n) is 4.38. The highest BCUT2D eigenvalue weighted by molar-refractivity contribution is 8.13. The summed E-state index contributed by atoms with van der Waals surface area (Å²) in [6, 6.07) is 2.87. The molecule has 0 saturated carbocycles. The molecule has 19 heavy (non-hydrogen) atoms. The van der Waals surface area contributed by atoms with Gasteiger partial charge in [0.1, 0.15) is 11.6 Å². The van der Waals surface area contributed by atoms with Crippen molar-refractivity contribution in [1.82, 2.24) is 0 Å². The summed E-state index contributed by atoms with van der Waals surface area (Å²) in [4.78, 5) is 12.8. The maximum absolute atomic E-state index is 13.6. The van der Waals surface area contributed by atoms with E-state index < -0.39 is 32.5 Å². The molecule has 1 aliphatic heterocycles. The standard InChI is InChI=1S/C11H10ClF2NO3S/c12-19(17,18)6-7-3-11(16)15(5-7)10-2-1-8(13)4-9(10)14/h1-2,4,7H,3,5-6H2. The Balaban J connectivity index is 2.20. The molecular formula is C11H10ClF2NO3S. The highest BCUT2D eigenvalue weighted by Crippen LogP contribution is 2.28. The molecule has 2 rings (SSSR count). The fourth-order valence-electron chi connectivity index (χ4n) is 2.11. The highest BCUT2D eigenvalue weighted by Gasteiger charge is 2.34. The Hall–Kier alpha value is -1.21. The number of hydrogen-bond acceptors (Lipinski definition) is 3. The first kappa shape index (κ1) is 14.2. The van der Waals surface area contributed by atoms with E-state index >= 15 is 0 Å². The molecule has 0 aromatic heterocycles. The molecule has 0 aliphatic carbocycles. The molecule has 1 unspecified atom stereocenters. The van der Waals surface area contributed by atoms with Crippen LogP contribution in [0.15, 0.2) is 18.2 Å². The minimum Gasteiger partial charge on any atom is -0.309 e. The number of carbonyl (C=O) groups excluding carboxylic acids is 1. The zero-order chi connectivity index (χ0) is 14.2. The van der Waals surface area contributed by atoms with Gasteiger partial charge in [-0.15, -0.1) is 0 Å². The van der Waals surface area contributed by atoms with Crippen molar-refractivity contribution in [3.8, 4) is 0 Å². The van der Waals surface area contributed by atoms with Crippen molar-refractivity contribution in [2.45, 2.75) is 6.42 Å². The number of halogens is 3. The Morgan fingerprint density at radius 3 is 2.63 bits per heavy atom. The fraction of sp³-hybridized carbons (Fsp3) is 0.364. The van der Waals surface area contributed by atoms with Gasteiger partial charge in [-0.3, -0.25) is 4.79 Å².